The molecule has 1 fully saturated rings. The van der Waals surface area contributed by atoms with E-state index in [1.807, 2.05) is 18.2 Å². The first-order valence-corrected chi connectivity index (χ1v) is 8.47. The molecule has 1 saturated heterocycles. The SMILES string of the molecule is N=C(SCCOc1ccc2ccccc2c1)N1CCOCC1. The summed E-state index contributed by atoms with van der Waals surface area (Å²) in [5.74, 6) is 1.67. The van der Waals surface area contributed by atoms with Gasteiger partial charge in [0.2, 0.25) is 0 Å². The molecule has 22 heavy (non-hydrogen) atoms. The highest BCUT2D eigenvalue weighted by Crippen LogP contribution is 2.20. The number of rotatable bonds is 4. The summed E-state index contributed by atoms with van der Waals surface area (Å²) in [6, 6.07) is 14.4. The Morgan fingerprint density at radius 1 is 1.14 bits per heavy atom. The van der Waals surface area contributed by atoms with E-state index >= 15 is 0 Å². The van der Waals surface area contributed by atoms with Gasteiger partial charge in [0.1, 0.15) is 5.75 Å². The van der Waals surface area contributed by atoms with E-state index in [1.165, 1.54) is 22.5 Å². The Labute approximate surface area is 134 Å². The van der Waals surface area contributed by atoms with Gasteiger partial charge >= 0.3 is 0 Å². The molecule has 2 aromatic carbocycles. The number of ether oxygens (including phenoxy) is 2. The fraction of sp³-hybridized carbons (Fsp3) is 0.353. The summed E-state index contributed by atoms with van der Waals surface area (Å²) in [7, 11) is 0. The normalized spacial score (nSPS) is 15.0. The van der Waals surface area contributed by atoms with Crippen LogP contribution in [0.4, 0.5) is 0 Å². The minimum Gasteiger partial charge on any atom is -0.493 e. The van der Waals surface area contributed by atoms with Gasteiger partial charge < -0.3 is 14.4 Å². The summed E-state index contributed by atoms with van der Waals surface area (Å²) in [6.45, 7) is 3.68. The molecule has 0 radical (unpaired) electrons. The zero-order chi connectivity index (χ0) is 15.2. The third-order valence-corrected chi connectivity index (χ3v) is 4.51. The van der Waals surface area contributed by atoms with Crippen molar-refractivity contribution in [2.45, 2.75) is 0 Å². The van der Waals surface area contributed by atoms with E-state index in [2.05, 4.69) is 29.2 Å². The third-order valence-electron chi connectivity index (χ3n) is 3.61. The van der Waals surface area contributed by atoms with Gasteiger partial charge in [0, 0.05) is 18.8 Å². The van der Waals surface area contributed by atoms with Gasteiger partial charge in [-0.25, -0.2) is 0 Å². The number of morpholine rings is 1. The van der Waals surface area contributed by atoms with Crippen molar-refractivity contribution in [3.63, 3.8) is 0 Å². The summed E-state index contributed by atoms with van der Waals surface area (Å²) in [5, 5.41) is 11.1. The van der Waals surface area contributed by atoms with Crippen LogP contribution >= 0.6 is 11.8 Å². The van der Waals surface area contributed by atoms with Gasteiger partial charge in [-0.3, -0.25) is 5.41 Å². The van der Waals surface area contributed by atoms with Gasteiger partial charge in [0.05, 0.1) is 19.8 Å². The average molecular weight is 316 g/mol. The monoisotopic (exact) mass is 316 g/mol. The molecule has 0 spiro atoms. The van der Waals surface area contributed by atoms with E-state index in [0.717, 1.165) is 37.8 Å². The summed E-state index contributed by atoms with van der Waals surface area (Å²) in [5.41, 5.74) is 0. The first kappa shape index (κ1) is 15.2. The highest BCUT2D eigenvalue weighted by atomic mass is 32.2. The van der Waals surface area contributed by atoms with Gasteiger partial charge in [-0.05, 0) is 22.9 Å². The van der Waals surface area contributed by atoms with E-state index in [9.17, 15) is 0 Å². The summed E-state index contributed by atoms with van der Waals surface area (Å²) in [6.07, 6.45) is 0. The standard InChI is InChI=1S/C17H20N2O2S/c18-17(19-7-9-20-10-8-19)22-12-11-21-16-6-5-14-3-1-2-4-15(14)13-16/h1-6,13,18H,7-12H2. The second-order valence-electron chi connectivity index (χ2n) is 5.11. The van der Waals surface area contributed by atoms with E-state index in [-0.39, 0.29) is 0 Å². The van der Waals surface area contributed by atoms with Crippen molar-refractivity contribution in [2.24, 2.45) is 0 Å². The topological polar surface area (TPSA) is 45.5 Å². The predicted molar refractivity (Wildman–Crippen MR) is 92.0 cm³/mol. The number of amidine groups is 1. The Kier molecular flexibility index (Phi) is 5.19. The predicted octanol–water partition coefficient (Wildman–Crippen LogP) is 3.22. The molecule has 3 rings (SSSR count). The van der Waals surface area contributed by atoms with Gasteiger partial charge in [0.25, 0.3) is 0 Å². The van der Waals surface area contributed by atoms with Crippen LogP contribution in [-0.4, -0.2) is 48.7 Å². The van der Waals surface area contributed by atoms with Gasteiger partial charge in [-0.2, -0.15) is 0 Å². The molecule has 0 aliphatic carbocycles. The maximum Gasteiger partial charge on any atom is 0.156 e. The molecule has 0 saturated carbocycles. The molecule has 0 aromatic heterocycles. The summed E-state index contributed by atoms with van der Waals surface area (Å²) in [4.78, 5) is 2.06. The van der Waals surface area contributed by atoms with Crippen molar-refractivity contribution in [3.05, 3.63) is 42.5 Å². The van der Waals surface area contributed by atoms with E-state index in [1.54, 1.807) is 0 Å². The van der Waals surface area contributed by atoms with Crippen LogP contribution in [0.1, 0.15) is 0 Å². The van der Waals surface area contributed by atoms with Crippen molar-refractivity contribution in [2.75, 3.05) is 38.7 Å². The van der Waals surface area contributed by atoms with Crippen LogP contribution in [0, 0.1) is 5.41 Å². The largest absolute Gasteiger partial charge is 0.493 e. The second kappa shape index (κ2) is 7.51. The molecular formula is C17H20N2O2S. The highest BCUT2D eigenvalue weighted by molar-refractivity contribution is 8.13. The molecule has 0 unspecified atom stereocenters. The quantitative estimate of drug-likeness (QED) is 0.534. The number of fused-ring (bicyclic) bond motifs is 1. The number of hydrogen-bond acceptors (Lipinski definition) is 4. The van der Waals surface area contributed by atoms with Crippen molar-refractivity contribution in [1.82, 2.24) is 4.90 Å². The molecule has 4 nitrogen and oxygen atoms in total. The molecule has 1 aliphatic rings. The number of nitrogens with one attached hydrogen (secondary N) is 1. The molecule has 1 aliphatic heterocycles. The van der Waals surface area contributed by atoms with Gasteiger partial charge in [-0.1, -0.05) is 42.1 Å². The fourth-order valence-corrected chi connectivity index (χ4v) is 3.14. The molecule has 0 bridgehead atoms. The summed E-state index contributed by atoms with van der Waals surface area (Å²) >= 11 is 1.53. The lowest BCUT2D eigenvalue weighted by molar-refractivity contribution is 0.0690. The van der Waals surface area contributed by atoms with Crippen LogP contribution in [0.5, 0.6) is 5.75 Å². The lowest BCUT2D eigenvalue weighted by atomic mass is 10.1. The second-order valence-corrected chi connectivity index (χ2v) is 6.19. The highest BCUT2D eigenvalue weighted by Gasteiger charge is 2.13. The molecule has 5 heteroatoms. The first-order valence-electron chi connectivity index (χ1n) is 7.48. The zero-order valence-electron chi connectivity index (χ0n) is 12.5. The minimum atomic E-state index is 0.607. The molecule has 116 valence electrons. The summed E-state index contributed by atoms with van der Waals surface area (Å²) < 4.78 is 11.1. The molecule has 0 atom stereocenters. The number of nitrogens with zero attached hydrogens (tertiary/aromatic N) is 1. The van der Waals surface area contributed by atoms with Crippen LogP contribution in [-0.2, 0) is 4.74 Å². The van der Waals surface area contributed by atoms with Crippen LogP contribution < -0.4 is 4.74 Å². The van der Waals surface area contributed by atoms with E-state index in [4.69, 9.17) is 14.9 Å². The van der Waals surface area contributed by atoms with E-state index in [0.29, 0.717) is 11.8 Å². The maximum absolute atomic E-state index is 8.05. The molecule has 1 heterocycles. The Hall–Kier alpha value is -1.72. The zero-order valence-corrected chi connectivity index (χ0v) is 13.3. The minimum absolute atomic E-state index is 0.607. The number of thioether (sulfide) groups is 1. The Morgan fingerprint density at radius 3 is 2.73 bits per heavy atom. The van der Waals surface area contributed by atoms with Crippen LogP contribution in [0.25, 0.3) is 10.8 Å². The van der Waals surface area contributed by atoms with Crippen molar-refractivity contribution in [1.29, 1.82) is 5.41 Å². The van der Waals surface area contributed by atoms with Crippen molar-refractivity contribution < 1.29 is 9.47 Å². The maximum atomic E-state index is 8.05. The van der Waals surface area contributed by atoms with Crippen LogP contribution in [0.2, 0.25) is 0 Å². The van der Waals surface area contributed by atoms with Crippen molar-refractivity contribution >= 4 is 27.7 Å². The lowest BCUT2D eigenvalue weighted by Gasteiger charge is -2.28. The molecule has 1 N–H and O–H groups in total. The van der Waals surface area contributed by atoms with E-state index < -0.39 is 0 Å². The lowest BCUT2D eigenvalue weighted by Crippen LogP contribution is -2.39. The number of hydrogen-bond donors (Lipinski definition) is 1. The van der Waals surface area contributed by atoms with Crippen molar-refractivity contribution in [3.8, 4) is 5.75 Å². The fourth-order valence-electron chi connectivity index (χ4n) is 2.41. The average Bonchev–Trinajstić information content (AvgIpc) is 2.59. The Morgan fingerprint density at radius 2 is 1.91 bits per heavy atom. The Bertz CT molecular complexity index is 641. The van der Waals surface area contributed by atoms with Gasteiger partial charge in [0.15, 0.2) is 5.17 Å². The van der Waals surface area contributed by atoms with Crippen LogP contribution in [0.3, 0.4) is 0 Å². The number of benzene rings is 2. The molecule has 2 aromatic rings. The first-order chi connectivity index (χ1) is 10.8. The molecular weight excluding hydrogens is 296 g/mol. The van der Waals surface area contributed by atoms with Gasteiger partial charge in [-0.15, -0.1) is 0 Å². The smallest absolute Gasteiger partial charge is 0.156 e. The van der Waals surface area contributed by atoms with Crippen LogP contribution in [0.15, 0.2) is 42.5 Å². The molecule has 0 amide bonds. The Balaban J connectivity index is 1.44. The third kappa shape index (κ3) is 3.93.